The molecule has 4 heteroatoms. The summed E-state index contributed by atoms with van der Waals surface area (Å²) in [5.41, 5.74) is 7.05. The van der Waals surface area contributed by atoms with E-state index in [2.05, 4.69) is 0 Å². The number of Topliss-reactive ketones (excluding diaryl/α,β-unsaturated/α-hetero) is 4. The first kappa shape index (κ1) is 15.8. The van der Waals surface area contributed by atoms with Crippen molar-refractivity contribution in [2.45, 2.75) is 23.7 Å². The van der Waals surface area contributed by atoms with Crippen molar-refractivity contribution < 1.29 is 19.2 Å². The molecule has 0 atom stereocenters. The van der Waals surface area contributed by atoms with Gasteiger partial charge in [0.2, 0.25) is 23.1 Å². The Hall–Kier alpha value is -3.92. The number of ketones is 4. The summed E-state index contributed by atoms with van der Waals surface area (Å²) >= 11 is 0. The van der Waals surface area contributed by atoms with Crippen molar-refractivity contribution in [3.8, 4) is 0 Å². The number of rotatable bonds is 0. The van der Waals surface area contributed by atoms with E-state index in [1.165, 1.54) is 22.3 Å². The van der Waals surface area contributed by atoms with Crippen LogP contribution in [0, 0.1) is 0 Å². The lowest BCUT2D eigenvalue weighted by atomic mass is 9.55. The van der Waals surface area contributed by atoms with Crippen LogP contribution >= 0.6 is 0 Å². The summed E-state index contributed by atoms with van der Waals surface area (Å²) in [5.74, 6) is -0.470. The van der Waals surface area contributed by atoms with Gasteiger partial charge in [-0.2, -0.15) is 0 Å². The highest BCUT2D eigenvalue weighted by Crippen LogP contribution is 2.75. The van der Waals surface area contributed by atoms with Gasteiger partial charge in [0.1, 0.15) is 0 Å². The number of carbonyl (C=O) groups is 4. The van der Waals surface area contributed by atoms with E-state index < -0.39 is 23.1 Å². The van der Waals surface area contributed by atoms with Gasteiger partial charge in [-0.05, 0) is 81.0 Å². The predicted molar refractivity (Wildman–Crippen MR) is 116 cm³/mol. The number of hydrogen-bond donors (Lipinski definition) is 0. The van der Waals surface area contributed by atoms with Crippen molar-refractivity contribution in [1.82, 2.24) is 0 Å². The smallest absolute Gasteiger partial charge is 0.234 e. The summed E-state index contributed by atoms with van der Waals surface area (Å²) < 4.78 is 0. The third kappa shape index (κ3) is 1.31. The van der Waals surface area contributed by atoms with E-state index in [0.717, 1.165) is 21.5 Å². The highest BCUT2D eigenvalue weighted by atomic mass is 16.2. The molecule has 0 heterocycles. The lowest BCUT2D eigenvalue weighted by molar-refractivity contribution is 0.0825. The van der Waals surface area contributed by atoms with Gasteiger partial charge < -0.3 is 0 Å². The standard InChI is InChI=1S/C28H12O4/c29-25-13-5-1-9-17-10(2-6-14(19(13)17)26(25)30)22-21(9)23-11-3-7-15-20-16(28(32)27(15)31)8-4-12(18(11)20)24(22)23/h1-8,21-24H. The molecule has 4 nitrogen and oxygen atoms in total. The molecule has 0 N–H and O–H groups in total. The minimum atomic E-state index is -0.397. The van der Waals surface area contributed by atoms with Crippen LogP contribution in [0.1, 0.15) is 87.4 Å². The zero-order chi connectivity index (χ0) is 21.2. The van der Waals surface area contributed by atoms with Gasteiger partial charge in [-0.25, -0.2) is 0 Å². The Morgan fingerprint density at radius 3 is 0.844 bits per heavy atom. The van der Waals surface area contributed by atoms with Gasteiger partial charge in [-0.1, -0.05) is 24.3 Å². The summed E-state index contributed by atoms with van der Waals surface area (Å²) in [6.45, 7) is 0. The molecule has 5 aliphatic carbocycles. The summed E-state index contributed by atoms with van der Waals surface area (Å²) in [6.07, 6.45) is 0. The van der Waals surface area contributed by atoms with E-state index in [9.17, 15) is 19.2 Å². The van der Waals surface area contributed by atoms with E-state index in [4.69, 9.17) is 0 Å². The quantitative estimate of drug-likeness (QED) is 0.388. The summed E-state index contributed by atoms with van der Waals surface area (Å²) in [4.78, 5) is 50.0. The van der Waals surface area contributed by atoms with E-state index >= 15 is 0 Å². The molecule has 0 aromatic heterocycles. The van der Waals surface area contributed by atoms with Crippen LogP contribution in [0.4, 0.5) is 0 Å². The normalized spacial score (nSPS) is 27.0. The Balaban J connectivity index is 1.35. The Bertz CT molecular complexity index is 1510. The van der Waals surface area contributed by atoms with Crippen molar-refractivity contribution in [2.75, 3.05) is 0 Å². The maximum Gasteiger partial charge on any atom is 0.234 e. The average molecular weight is 412 g/mol. The van der Waals surface area contributed by atoms with Crippen molar-refractivity contribution in [3.05, 3.63) is 93.0 Å². The van der Waals surface area contributed by atoms with Crippen LogP contribution in [0.15, 0.2) is 48.5 Å². The first-order valence-corrected chi connectivity index (χ1v) is 10.9. The third-order valence-corrected chi connectivity index (χ3v) is 8.83. The summed E-state index contributed by atoms with van der Waals surface area (Å²) in [5, 5.41) is 3.88. The van der Waals surface area contributed by atoms with Crippen LogP contribution in [0.2, 0.25) is 0 Å². The molecule has 0 saturated heterocycles. The molecular formula is C28H12O4. The van der Waals surface area contributed by atoms with Crippen LogP contribution in [0.3, 0.4) is 0 Å². The lowest BCUT2D eigenvalue weighted by Gasteiger charge is -2.47. The largest absolute Gasteiger partial charge is 0.285 e. The number of benzene rings is 4. The zero-order valence-electron chi connectivity index (χ0n) is 16.6. The molecule has 0 radical (unpaired) electrons. The van der Waals surface area contributed by atoms with Gasteiger partial charge in [0, 0.05) is 33.0 Å². The summed E-state index contributed by atoms with van der Waals surface area (Å²) in [6, 6.07) is 15.5. The Kier molecular flexibility index (Phi) is 2.22. The van der Waals surface area contributed by atoms with Crippen LogP contribution in [-0.2, 0) is 0 Å². The molecule has 5 aliphatic rings. The highest BCUT2D eigenvalue weighted by molar-refractivity contribution is 6.58. The van der Waals surface area contributed by atoms with Crippen molar-refractivity contribution in [3.63, 3.8) is 0 Å². The van der Waals surface area contributed by atoms with Gasteiger partial charge in [-0.3, -0.25) is 19.2 Å². The van der Waals surface area contributed by atoms with Crippen LogP contribution in [0.25, 0.3) is 21.5 Å². The minimum absolute atomic E-state index is 0.280. The van der Waals surface area contributed by atoms with Crippen molar-refractivity contribution in [1.29, 1.82) is 0 Å². The van der Waals surface area contributed by atoms with Crippen molar-refractivity contribution >= 4 is 44.7 Å². The van der Waals surface area contributed by atoms with Crippen LogP contribution < -0.4 is 0 Å². The fraction of sp³-hybridized carbons (Fsp3) is 0.143. The number of carbonyl (C=O) groups excluding carboxylic acids is 4. The predicted octanol–water partition coefficient (Wildman–Crippen LogP) is 4.83. The third-order valence-electron chi connectivity index (χ3n) is 8.83. The monoisotopic (exact) mass is 412 g/mol. The Morgan fingerprint density at radius 1 is 0.344 bits per heavy atom. The molecule has 0 amide bonds. The molecule has 0 unspecified atom stereocenters. The zero-order valence-corrected chi connectivity index (χ0v) is 16.6. The molecule has 0 aliphatic heterocycles. The molecule has 9 rings (SSSR count). The van der Waals surface area contributed by atoms with E-state index in [1.807, 2.05) is 48.5 Å². The first-order valence-electron chi connectivity index (χ1n) is 10.9. The molecule has 4 aromatic carbocycles. The maximum atomic E-state index is 12.5. The molecule has 1 fully saturated rings. The average Bonchev–Trinajstić information content (AvgIpc) is 3.40. The number of hydrogen-bond acceptors (Lipinski definition) is 4. The minimum Gasteiger partial charge on any atom is -0.285 e. The van der Waals surface area contributed by atoms with Gasteiger partial charge in [0.05, 0.1) is 0 Å². The van der Waals surface area contributed by atoms with Gasteiger partial charge in [0.25, 0.3) is 0 Å². The van der Waals surface area contributed by atoms with E-state index in [1.54, 1.807) is 0 Å². The lowest BCUT2D eigenvalue weighted by Crippen LogP contribution is -2.34. The highest BCUT2D eigenvalue weighted by Gasteiger charge is 2.60. The van der Waals surface area contributed by atoms with E-state index in [0.29, 0.717) is 22.3 Å². The van der Waals surface area contributed by atoms with Gasteiger partial charge >= 0.3 is 0 Å². The molecule has 0 bridgehead atoms. The second-order valence-electron chi connectivity index (χ2n) is 9.73. The molecule has 32 heavy (non-hydrogen) atoms. The van der Waals surface area contributed by atoms with Gasteiger partial charge in [0.15, 0.2) is 0 Å². The molecule has 4 aromatic rings. The fourth-order valence-electron chi connectivity index (χ4n) is 7.75. The maximum absolute atomic E-state index is 12.5. The second kappa shape index (κ2) is 4.49. The van der Waals surface area contributed by atoms with Crippen molar-refractivity contribution in [2.24, 2.45) is 0 Å². The molecule has 0 spiro atoms. The molecule has 1 saturated carbocycles. The van der Waals surface area contributed by atoms with Crippen LogP contribution in [0.5, 0.6) is 0 Å². The molecular weight excluding hydrogens is 400 g/mol. The summed E-state index contributed by atoms with van der Waals surface area (Å²) in [7, 11) is 0. The first-order chi connectivity index (χ1) is 15.6. The Morgan fingerprint density at radius 2 is 0.594 bits per heavy atom. The Labute approximate surface area is 180 Å². The molecule has 148 valence electrons. The topological polar surface area (TPSA) is 68.3 Å². The van der Waals surface area contributed by atoms with Crippen LogP contribution in [-0.4, -0.2) is 23.1 Å². The fourth-order valence-corrected chi connectivity index (χ4v) is 7.75. The second-order valence-corrected chi connectivity index (χ2v) is 9.73. The van der Waals surface area contributed by atoms with Gasteiger partial charge in [-0.15, -0.1) is 0 Å². The van der Waals surface area contributed by atoms with E-state index in [-0.39, 0.29) is 23.7 Å². The number of fused-ring (bicyclic) bond motifs is 8. The SMILES string of the molecule is O=C1C(=O)c2ccc3c4c(ccc1c24)C1C3C2c3ccc4c5c(ccc(c35)C12)C(=O)C4=O.